The van der Waals surface area contributed by atoms with Gasteiger partial charge in [-0.15, -0.1) is 0 Å². The molecule has 1 aromatic rings. The van der Waals surface area contributed by atoms with Crippen LogP contribution in [0.5, 0.6) is 0 Å². The average molecular weight is 266 g/mol. The van der Waals surface area contributed by atoms with Gasteiger partial charge in [0, 0.05) is 25.8 Å². The van der Waals surface area contributed by atoms with Crippen LogP contribution in [-0.4, -0.2) is 58.4 Å². The maximum absolute atomic E-state index is 9.12. The molecule has 2 heterocycles. The Morgan fingerprint density at radius 2 is 2.47 bits per heavy atom. The van der Waals surface area contributed by atoms with Crippen LogP contribution < -0.4 is 5.73 Å². The number of aliphatic hydroxyl groups excluding tert-OH is 1. The third-order valence-electron chi connectivity index (χ3n) is 3.06. The van der Waals surface area contributed by atoms with Gasteiger partial charge < -0.3 is 20.8 Å². The largest absolute Gasteiger partial charge is 0.409 e. The van der Waals surface area contributed by atoms with Crippen LogP contribution in [0, 0.1) is 0 Å². The van der Waals surface area contributed by atoms with E-state index in [1.165, 1.54) is 0 Å². The van der Waals surface area contributed by atoms with Gasteiger partial charge in [0.1, 0.15) is 5.69 Å². The van der Waals surface area contributed by atoms with Crippen molar-refractivity contribution in [3.05, 3.63) is 29.6 Å². The van der Waals surface area contributed by atoms with Gasteiger partial charge in [0.2, 0.25) is 0 Å². The molecule has 1 aliphatic rings. The number of aliphatic hydroxyl groups is 1. The molecule has 1 atom stereocenters. The highest BCUT2D eigenvalue weighted by atomic mass is 16.5. The predicted molar refractivity (Wildman–Crippen MR) is 68.9 cm³/mol. The molecule has 2 rings (SSSR count). The highest BCUT2D eigenvalue weighted by Crippen LogP contribution is 2.12. The van der Waals surface area contributed by atoms with Crippen molar-refractivity contribution in [1.29, 1.82) is 0 Å². The van der Waals surface area contributed by atoms with E-state index in [2.05, 4.69) is 15.0 Å². The number of ether oxygens (including phenoxy) is 1. The molecule has 0 aromatic carbocycles. The van der Waals surface area contributed by atoms with Crippen LogP contribution in [0.2, 0.25) is 0 Å². The monoisotopic (exact) mass is 266 g/mol. The predicted octanol–water partition coefficient (Wildman–Crippen LogP) is -0.631. The zero-order valence-corrected chi connectivity index (χ0v) is 10.6. The van der Waals surface area contributed by atoms with Gasteiger partial charge in [0.15, 0.2) is 5.84 Å². The molecule has 7 heteroatoms. The SMILES string of the molecule is N/C(=N/O)c1ncccc1CN1CCOC(CO)C1. The normalized spacial score (nSPS) is 21.5. The summed E-state index contributed by atoms with van der Waals surface area (Å²) in [5.74, 6) is 0.00238. The Morgan fingerprint density at radius 1 is 1.63 bits per heavy atom. The minimum absolute atomic E-state index is 0.00238. The van der Waals surface area contributed by atoms with E-state index in [1.54, 1.807) is 6.20 Å². The summed E-state index contributed by atoms with van der Waals surface area (Å²) < 4.78 is 5.40. The molecule has 0 radical (unpaired) electrons. The fourth-order valence-corrected chi connectivity index (χ4v) is 2.12. The summed E-state index contributed by atoms with van der Waals surface area (Å²) in [6, 6.07) is 3.71. The quantitative estimate of drug-likeness (QED) is 0.290. The summed E-state index contributed by atoms with van der Waals surface area (Å²) in [7, 11) is 0. The number of nitrogens with zero attached hydrogens (tertiary/aromatic N) is 3. The number of oxime groups is 1. The Morgan fingerprint density at radius 3 is 3.21 bits per heavy atom. The Kier molecular flexibility index (Phi) is 4.67. The molecule has 104 valence electrons. The molecule has 7 nitrogen and oxygen atoms in total. The van der Waals surface area contributed by atoms with Crippen molar-refractivity contribution in [3.8, 4) is 0 Å². The second-order valence-corrected chi connectivity index (χ2v) is 4.41. The van der Waals surface area contributed by atoms with Crippen molar-refractivity contribution in [2.45, 2.75) is 12.6 Å². The Balaban J connectivity index is 2.10. The number of pyridine rings is 1. The summed E-state index contributed by atoms with van der Waals surface area (Å²) in [6.07, 6.45) is 1.45. The molecule has 19 heavy (non-hydrogen) atoms. The topological polar surface area (TPSA) is 104 Å². The highest BCUT2D eigenvalue weighted by Gasteiger charge is 2.21. The minimum Gasteiger partial charge on any atom is -0.409 e. The van der Waals surface area contributed by atoms with E-state index in [9.17, 15) is 0 Å². The fourth-order valence-electron chi connectivity index (χ4n) is 2.12. The van der Waals surface area contributed by atoms with E-state index >= 15 is 0 Å². The molecule has 0 bridgehead atoms. The lowest BCUT2D eigenvalue weighted by molar-refractivity contribution is -0.0551. The smallest absolute Gasteiger partial charge is 0.189 e. The fraction of sp³-hybridized carbons (Fsp3) is 0.500. The van der Waals surface area contributed by atoms with E-state index in [0.29, 0.717) is 25.4 Å². The van der Waals surface area contributed by atoms with Gasteiger partial charge in [-0.1, -0.05) is 11.2 Å². The van der Waals surface area contributed by atoms with Gasteiger partial charge in [-0.25, -0.2) is 0 Å². The molecule has 4 N–H and O–H groups in total. The molecule has 0 spiro atoms. The van der Waals surface area contributed by atoms with Gasteiger partial charge in [-0.05, 0) is 11.6 Å². The molecule has 1 aromatic heterocycles. The van der Waals surface area contributed by atoms with Crippen LogP contribution in [0.15, 0.2) is 23.5 Å². The molecule has 0 aliphatic carbocycles. The maximum Gasteiger partial charge on any atom is 0.189 e. The minimum atomic E-state index is -0.155. The number of morpholine rings is 1. The van der Waals surface area contributed by atoms with Crippen LogP contribution in [-0.2, 0) is 11.3 Å². The van der Waals surface area contributed by atoms with Crippen LogP contribution in [0.1, 0.15) is 11.3 Å². The molecule has 1 unspecified atom stereocenters. The van der Waals surface area contributed by atoms with Crippen LogP contribution in [0.4, 0.5) is 0 Å². The number of rotatable bonds is 4. The van der Waals surface area contributed by atoms with Gasteiger partial charge in [0.05, 0.1) is 19.3 Å². The lowest BCUT2D eigenvalue weighted by atomic mass is 10.1. The molecular formula is C12H18N4O3. The highest BCUT2D eigenvalue weighted by molar-refractivity contribution is 5.96. The van der Waals surface area contributed by atoms with Crippen LogP contribution in [0.25, 0.3) is 0 Å². The number of hydrogen-bond donors (Lipinski definition) is 3. The standard InChI is InChI=1S/C12H18N4O3/c13-12(15-18)11-9(2-1-3-14-11)6-16-4-5-19-10(7-16)8-17/h1-3,10,17-18H,4-8H2,(H2,13,15). The molecule has 1 saturated heterocycles. The molecule has 0 amide bonds. The zero-order chi connectivity index (χ0) is 13.7. The van der Waals surface area contributed by atoms with Crippen molar-refractivity contribution in [3.63, 3.8) is 0 Å². The van der Waals surface area contributed by atoms with Gasteiger partial charge in [-0.2, -0.15) is 0 Å². The van der Waals surface area contributed by atoms with Crippen molar-refractivity contribution < 1.29 is 15.1 Å². The summed E-state index contributed by atoms with van der Waals surface area (Å²) in [4.78, 5) is 6.28. The number of nitrogens with two attached hydrogens (primary N) is 1. The lowest BCUT2D eigenvalue weighted by Gasteiger charge is -2.32. The van der Waals surface area contributed by atoms with E-state index < -0.39 is 0 Å². The second kappa shape index (κ2) is 6.46. The van der Waals surface area contributed by atoms with Gasteiger partial charge >= 0.3 is 0 Å². The van der Waals surface area contributed by atoms with Crippen molar-refractivity contribution in [1.82, 2.24) is 9.88 Å². The van der Waals surface area contributed by atoms with E-state index in [0.717, 1.165) is 12.1 Å². The lowest BCUT2D eigenvalue weighted by Crippen LogP contribution is -2.43. The maximum atomic E-state index is 9.12. The molecule has 0 saturated carbocycles. The van der Waals surface area contributed by atoms with E-state index in [4.69, 9.17) is 20.8 Å². The molecule has 1 aliphatic heterocycles. The Hall–Kier alpha value is -1.70. The average Bonchev–Trinajstić information content (AvgIpc) is 2.47. The van der Waals surface area contributed by atoms with Crippen LogP contribution in [0.3, 0.4) is 0 Å². The molecule has 1 fully saturated rings. The van der Waals surface area contributed by atoms with Crippen molar-refractivity contribution >= 4 is 5.84 Å². The first-order valence-electron chi connectivity index (χ1n) is 6.11. The zero-order valence-electron chi connectivity index (χ0n) is 10.6. The summed E-state index contributed by atoms with van der Waals surface area (Å²) >= 11 is 0. The number of amidine groups is 1. The third kappa shape index (κ3) is 3.40. The third-order valence-corrected chi connectivity index (χ3v) is 3.06. The van der Waals surface area contributed by atoms with Gasteiger partial charge in [0.25, 0.3) is 0 Å². The van der Waals surface area contributed by atoms with Crippen LogP contribution >= 0.6 is 0 Å². The van der Waals surface area contributed by atoms with Crippen molar-refractivity contribution in [2.75, 3.05) is 26.3 Å². The second-order valence-electron chi connectivity index (χ2n) is 4.41. The first-order valence-corrected chi connectivity index (χ1v) is 6.11. The summed E-state index contributed by atoms with van der Waals surface area (Å²) in [5, 5.41) is 20.9. The Bertz CT molecular complexity index is 452. The van der Waals surface area contributed by atoms with Crippen molar-refractivity contribution in [2.24, 2.45) is 10.9 Å². The number of aromatic nitrogens is 1. The summed E-state index contributed by atoms with van der Waals surface area (Å²) in [5.41, 5.74) is 6.98. The van der Waals surface area contributed by atoms with E-state index in [-0.39, 0.29) is 18.5 Å². The molecular weight excluding hydrogens is 248 g/mol. The first kappa shape index (κ1) is 13.7. The number of hydrogen-bond acceptors (Lipinski definition) is 6. The Labute approximate surface area is 111 Å². The van der Waals surface area contributed by atoms with Gasteiger partial charge in [-0.3, -0.25) is 9.88 Å². The first-order chi connectivity index (χ1) is 9.24. The van der Waals surface area contributed by atoms with E-state index in [1.807, 2.05) is 12.1 Å². The summed E-state index contributed by atoms with van der Waals surface area (Å²) in [6.45, 7) is 2.66.